The van der Waals surface area contributed by atoms with Crippen LogP contribution in [-0.2, 0) is 0 Å². The predicted molar refractivity (Wildman–Crippen MR) is 110 cm³/mol. The first-order valence-electron chi connectivity index (χ1n) is 9.91. The number of allylic oxidation sites excluding steroid dienone is 1. The molecule has 2 N–H and O–H groups in total. The van der Waals surface area contributed by atoms with E-state index in [1.807, 2.05) is 37.3 Å². The number of aromatic nitrogens is 1. The number of amides is 2. The van der Waals surface area contributed by atoms with Crippen molar-refractivity contribution < 1.29 is 9.59 Å². The highest BCUT2D eigenvalue weighted by atomic mass is 16.2. The van der Waals surface area contributed by atoms with Gasteiger partial charge >= 0.3 is 0 Å². The van der Waals surface area contributed by atoms with Crippen molar-refractivity contribution >= 4 is 11.8 Å². The quantitative estimate of drug-likeness (QED) is 0.711. The standard InChI is InChI=1S/C23H27N3O2/c1-17(19-10-6-3-7-11-19)26-23(28)21-16-20(13-15-24-21)22(27)25-14-12-18-8-4-2-5-9-18/h3,6-8,10-11,13,15-17H,2,4-5,9,12,14H2,1H3,(H,25,27)(H,26,28). The summed E-state index contributed by atoms with van der Waals surface area (Å²) < 4.78 is 0. The van der Waals surface area contributed by atoms with Gasteiger partial charge in [0.1, 0.15) is 5.69 Å². The second-order valence-corrected chi connectivity index (χ2v) is 7.15. The molecule has 1 aromatic heterocycles. The van der Waals surface area contributed by atoms with Gasteiger partial charge in [0, 0.05) is 18.3 Å². The number of nitrogens with zero attached hydrogens (tertiary/aromatic N) is 1. The van der Waals surface area contributed by atoms with Gasteiger partial charge in [0.2, 0.25) is 0 Å². The summed E-state index contributed by atoms with van der Waals surface area (Å²) in [6.07, 6.45) is 9.46. The van der Waals surface area contributed by atoms with Crippen molar-refractivity contribution in [3.63, 3.8) is 0 Å². The molecule has 5 heteroatoms. The van der Waals surface area contributed by atoms with Crippen molar-refractivity contribution in [1.29, 1.82) is 0 Å². The Kier molecular flexibility index (Phi) is 6.95. The first-order valence-corrected chi connectivity index (χ1v) is 9.91. The van der Waals surface area contributed by atoms with E-state index in [0.29, 0.717) is 12.1 Å². The molecule has 0 aliphatic heterocycles. The van der Waals surface area contributed by atoms with Crippen molar-refractivity contribution in [1.82, 2.24) is 15.6 Å². The SMILES string of the molecule is CC(NC(=O)c1cc(C(=O)NCCC2=CCCCC2)ccn1)c1ccccc1. The molecule has 0 fully saturated rings. The Labute approximate surface area is 166 Å². The topological polar surface area (TPSA) is 71.1 Å². The van der Waals surface area contributed by atoms with Crippen molar-refractivity contribution in [3.8, 4) is 0 Å². The van der Waals surface area contributed by atoms with Gasteiger partial charge in [0.15, 0.2) is 0 Å². The van der Waals surface area contributed by atoms with Crippen LogP contribution in [0.1, 0.15) is 71.5 Å². The zero-order chi connectivity index (χ0) is 19.8. The Morgan fingerprint density at radius 1 is 1.11 bits per heavy atom. The average molecular weight is 377 g/mol. The summed E-state index contributed by atoms with van der Waals surface area (Å²) in [6, 6.07) is 12.8. The summed E-state index contributed by atoms with van der Waals surface area (Å²) in [5, 5.41) is 5.86. The van der Waals surface area contributed by atoms with Crippen LogP contribution in [0.2, 0.25) is 0 Å². The third-order valence-corrected chi connectivity index (χ3v) is 5.02. The highest BCUT2D eigenvalue weighted by Gasteiger charge is 2.15. The number of carbonyl (C=O) groups is 2. The zero-order valence-electron chi connectivity index (χ0n) is 16.3. The summed E-state index contributed by atoms with van der Waals surface area (Å²) in [4.78, 5) is 29.0. The summed E-state index contributed by atoms with van der Waals surface area (Å²) in [5.41, 5.74) is 3.13. The number of carbonyl (C=O) groups excluding carboxylic acids is 2. The number of hydrogen-bond acceptors (Lipinski definition) is 3. The molecule has 0 saturated carbocycles. The third kappa shape index (κ3) is 5.52. The van der Waals surface area contributed by atoms with Crippen LogP contribution in [0.5, 0.6) is 0 Å². The van der Waals surface area contributed by atoms with Gasteiger partial charge in [-0.25, -0.2) is 0 Å². The van der Waals surface area contributed by atoms with E-state index in [1.54, 1.807) is 12.1 Å². The van der Waals surface area contributed by atoms with E-state index in [4.69, 9.17) is 0 Å². The van der Waals surface area contributed by atoms with Crippen LogP contribution in [0, 0.1) is 0 Å². The van der Waals surface area contributed by atoms with Crippen LogP contribution in [-0.4, -0.2) is 23.3 Å². The number of nitrogens with one attached hydrogen (secondary N) is 2. The van der Waals surface area contributed by atoms with E-state index in [2.05, 4.69) is 21.7 Å². The summed E-state index contributed by atoms with van der Waals surface area (Å²) >= 11 is 0. The van der Waals surface area contributed by atoms with Crippen LogP contribution >= 0.6 is 0 Å². The third-order valence-electron chi connectivity index (χ3n) is 5.02. The summed E-state index contributed by atoms with van der Waals surface area (Å²) in [7, 11) is 0. The molecule has 0 bridgehead atoms. The molecule has 1 aliphatic rings. The lowest BCUT2D eigenvalue weighted by Gasteiger charge is -2.14. The average Bonchev–Trinajstić information content (AvgIpc) is 2.75. The predicted octanol–water partition coefficient (Wildman–Crippen LogP) is 4.19. The zero-order valence-corrected chi connectivity index (χ0v) is 16.3. The Bertz CT molecular complexity index is 846. The largest absolute Gasteiger partial charge is 0.352 e. The van der Waals surface area contributed by atoms with E-state index in [0.717, 1.165) is 24.8 Å². The molecule has 1 aromatic carbocycles. The fourth-order valence-corrected chi connectivity index (χ4v) is 3.36. The molecule has 0 radical (unpaired) electrons. The van der Waals surface area contributed by atoms with Crippen molar-refractivity contribution in [3.05, 3.63) is 77.1 Å². The summed E-state index contributed by atoms with van der Waals surface area (Å²) in [6.45, 7) is 2.53. The molecule has 146 valence electrons. The van der Waals surface area contributed by atoms with Gasteiger partial charge in [-0.05, 0) is 56.7 Å². The van der Waals surface area contributed by atoms with Crippen molar-refractivity contribution in [2.75, 3.05) is 6.54 Å². The van der Waals surface area contributed by atoms with E-state index in [1.165, 1.54) is 24.6 Å². The van der Waals surface area contributed by atoms with E-state index < -0.39 is 0 Å². The fourth-order valence-electron chi connectivity index (χ4n) is 3.36. The molecule has 3 rings (SSSR count). The van der Waals surface area contributed by atoms with Gasteiger partial charge in [0.05, 0.1) is 6.04 Å². The van der Waals surface area contributed by atoms with Crippen LogP contribution in [0.4, 0.5) is 0 Å². The van der Waals surface area contributed by atoms with Gasteiger partial charge in [-0.1, -0.05) is 42.0 Å². The number of hydrogen-bond donors (Lipinski definition) is 2. The molecule has 1 unspecified atom stereocenters. The molecule has 1 heterocycles. The number of pyridine rings is 1. The fraction of sp³-hybridized carbons (Fsp3) is 0.348. The van der Waals surface area contributed by atoms with E-state index in [-0.39, 0.29) is 23.6 Å². The molecular weight excluding hydrogens is 350 g/mol. The maximum Gasteiger partial charge on any atom is 0.270 e. The van der Waals surface area contributed by atoms with Crippen LogP contribution < -0.4 is 10.6 Å². The van der Waals surface area contributed by atoms with Crippen LogP contribution in [0.15, 0.2) is 60.3 Å². The molecule has 5 nitrogen and oxygen atoms in total. The van der Waals surface area contributed by atoms with Crippen LogP contribution in [0.25, 0.3) is 0 Å². The minimum absolute atomic E-state index is 0.142. The molecule has 2 aromatic rings. The molecule has 2 amide bonds. The number of rotatable bonds is 7. The Morgan fingerprint density at radius 3 is 2.68 bits per heavy atom. The molecule has 0 saturated heterocycles. The molecule has 1 aliphatic carbocycles. The lowest BCUT2D eigenvalue weighted by Crippen LogP contribution is -2.29. The second kappa shape index (κ2) is 9.83. The molecule has 1 atom stereocenters. The smallest absolute Gasteiger partial charge is 0.270 e. The Hall–Kier alpha value is -2.95. The second-order valence-electron chi connectivity index (χ2n) is 7.15. The van der Waals surface area contributed by atoms with E-state index >= 15 is 0 Å². The number of benzene rings is 1. The summed E-state index contributed by atoms with van der Waals surface area (Å²) in [5.74, 6) is -0.470. The normalized spacial score (nSPS) is 14.7. The Morgan fingerprint density at radius 2 is 1.93 bits per heavy atom. The van der Waals surface area contributed by atoms with E-state index in [9.17, 15) is 9.59 Å². The van der Waals surface area contributed by atoms with Gasteiger partial charge in [0.25, 0.3) is 11.8 Å². The highest BCUT2D eigenvalue weighted by Crippen LogP contribution is 2.19. The highest BCUT2D eigenvalue weighted by molar-refractivity contribution is 5.98. The molecule has 28 heavy (non-hydrogen) atoms. The minimum atomic E-state index is -0.293. The molecular formula is C23H27N3O2. The maximum atomic E-state index is 12.5. The van der Waals surface area contributed by atoms with Gasteiger partial charge in [-0.2, -0.15) is 0 Å². The Balaban J connectivity index is 1.55. The lowest BCUT2D eigenvalue weighted by molar-refractivity contribution is 0.0935. The minimum Gasteiger partial charge on any atom is -0.352 e. The maximum absolute atomic E-state index is 12.5. The van der Waals surface area contributed by atoms with Gasteiger partial charge < -0.3 is 10.6 Å². The lowest BCUT2D eigenvalue weighted by atomic mass is 9.97. The van der Waals surface area contributed by atoms with Gasteiger partial charge in [-0.3, -0.25) is 14.6 Å². The van der Waals surface area contributed by atoms with Crippen molar-refractivity contribution in [2.45, 2.75) is 45.1 Å². The first kappa shape index (κ1) is 19.8. The van der Waals surface area contributed by atoms with Crippen LogP contribution in [0.3, 0.4) is 0 Å². The first-order chi connectivity index (χ1) is 13.6. The monoisotopic (exact) mass is 377 g/mol. The van der Waals surface area contributed by atoms with Gasteiger partial charge in [-0.15, -0.1) is 0 Å². The van der Waals surface area contributed by atoms with Crippen molar-refractivity contribution in [2.24, 2.45) is 0 Å². The molecule has 0 spiro atoms.